The van der Waals surface area contributed by atoms with Gasteiger partial charge in [-0.25, -0.2) is 0 Å². The smallest absolute Gasteiger partial charge is 0.276 e. The lowest BCUT2D eigenvalue weighted by Crippen LogP contribution is -2.38. The molecule has 0 saturated heterocycles. The molecule has 1 aliphatic rings. The van der Waals surface area contributed by atoms with E-state index in [0.29, 0.717) is 51.4 Å². The molecule has 0 radical (unpaired) electrons. The van der Waals surface area contributed by atoms with E-state index < -0.39 is 0 Å². The van der Waals surface area contributed by atoms with Crippen LogP contribution >= 0.6 is 0 Å². The van der Waals surface area contributed by atoms with Crippen LogP contribution in [0.25, 0.3) is 0 Å². The Morgan fingerprint density at radius 1 is 1.03 bits per heavy atom. The van der Waals surface area contributed by atoms with E-state index in [1.807, 2.05) is 79.7 Å². The lowest BCUT2D eigenvalue weighted by atomic mass is 10.2. The van der Waals surface area contributed by atoms with Gasteiger partial charge in [0.15, 0.2) is 0 Å². The fraction of sp³-hybridized carbons (Fsp3) is 0.276. The number of likely N-dealkylation sites (N-methyl/N-ethyl adjacent to an activating group) is 1. The number of aromatic nitrogens is 1. The normalized spacial score (nSPS) is 13.0. The van der Waals surface area contributed by atoms with Gasteiger partial charge in [0, 0.05) is 44.3 Å². The first-order chi connectivity index (χ1) is 18.2. The van der Waals surface area contributed by atoms with Crippen LogP contribution < -0.4 is 20.3 Å². The number of amides is 2. The Morgan fingerprint density at radius 3 is 2.49 bits per heavy atom. The third-order valence-corrected chi connectivity index (χ3v) is 6.12. The molecule has 3 aromatic rings. The maximum Gasteiger partial charge on any atom is 0.276 e. The van der Waals surface area contributed by atoms with Gasteiger partial charge in [-0.3, -0.25) is 14.6 Å². The first-order valence-electron chi connectivity index (χ1n) is 12.6. The van der Waals surface area contributed by atoms with Crippen molar-refractivity contribution in [3.63, 3.8) is 0 Å². The molecule has 1 aliphatic heterocycles. The molecular formula is C29H33N5O3. The Bertz CT molecular complexity index is 1190. The number of carbonyl (C=O) groups is 2. The molecule has 8 heteroatoms. The monoisotopic (exact) mass is 499 g/mol. The van der Waals surface area contributed by atoms with E-state index in [1.54, 1.807) is 22.2 Å². The number of ether oxygens (including phenoxy) is 1. The number of hydrogen-bond acceptors (Lipinski definition) is 6. The molecule has 0 unspecified atom stereocenters. The number of pyridine rings is 1. The SMILES string of the molecule is CCN(CCNC1=C(NCc2cccnc2)C(=O)N(c2ccccc2)C1)C(=O)CCOc1ccccc1. The van der Waals surface area contributed by atoms with Gasteiger partial charge in [-0.05, 0) is 42.8 Å². The zero-order valence-corrected chi connectivity index (χ0v) is 21.1. The number of rotatable bonds is 13. The highest BCUT2D eigenvalue weighted by Gasteiger charge is 2.31. The van der Waals surface area contributed by atoms with Crippen LogP contribution in [-0.4, -0.2) is 54.5 Å². The van der Waals surface area contributed by atoms with Gasteiger partial charge < -0.3 is 25.2 Å². The minimum Gasteiger partial charge on any atom is -0.493 e. The Hall–Kier alpha value is -4.33. The van der Waals surface area contributed by atoms with E-state index >= 15 is 0 Å². The van der Waals surface area contributed by atoms with Crippen molar-refractivity contribution in [2.24, 2.45) is 0 Å². The van der Waals surface area contributed by atoms with E-state index in [0.717, 1.165) is 22.7 Å². The number of para-hydroxylation sites is 2. The first-order valence-corrected chi connectivity index (χ1v) is 12.6. The van der Waals surface area contributed by atoms with Crippen LogP contribution in [0.2, 0.25) is 0 Å². The van der Waals surface area contributed by atoms with Gasteiger partial charge in [-0.1, -0.05) is 42.5 Å². The summed E-state index contributed by atoms with van der Waals surface area (Å²) in [4.78, 5) is 33.7. The largest absolute Gasteiger partial charge is 0.493 e. The van der Waals surface area contributed by atoms with Gasteiger partial charge in [-0.15, -0.1) is 0 Å². The third kappa shape index (κ3) is 7.10. The van der Waals surface area contributed by atoms with Gasteiger partial charge in [0.1, 0.15) is 11.4 Å². The molecule has 1 aromatic heterocycles. The fourth-order valence-corrected chi connectivity index (χ4v) is 4.14. The van der Waals surface area contributed by atoms with E-state index in [2.05, 4.69) is 15.6 Å². The summed E-state index contributed by atoms with van der Waals surface area (Å²) in [6.07, 6.45) is 3.81. The summed E-state index contributed by atoms with van der Waals surface area (Å²) >= 11 is 0. The van der Waals surface area contributed by atoms with Crippen molar-refractivity contribution < 1.29 is 14.3 Å². The quantitative estimate of drug-likeness (QED) is 0.375. The molecule has 0 spiro atoms. The van der Waals surface area contributed by atoms with Crippen LogP contribution in [0.15, 0.2) is 96.6 Å². The summed E-state index contributed by atoms with van der Waals surface area (Å²) in [7, 11) is 0. The van der Waals surface area contributed by atoms with E-state index in [9.17, 15) is 9.59 Å². The maximum absolute atomic E-state index is 13.3. The predicted octanol–water partition coefficient (Wildman–Crippen LogP) is 3.34. The lowest BCUT2D eigenvalue weighted by molar-refractivity contribution is -0.131. The van der Waals surface area contributed by atoms with Crippen LogP contribution in [0.4, 0.5) is 5.69 Å². The summed E-state index contributed by atoms with van der Waals surface area (Å²) in [5, 5.41) is 6.72. The molecule has 2 amide bonds. The number of anilines is 1. The zero-order valence-electron chi connectivity index (χ0n) is 21.1. The zero-order chi connectivity index (χ0) is 25.9. The van der Waals surface area contributed by atoms with Gasteiger partial charge in [0.2, 0.25) is 5.91 Å². The maximum atomic E-state index is 13.3. The van der Waals surface area contributed by atoms with Crippen LogP contribution in [-0.2, 0) is 16.1 Å². The van der Waals surface area contributed by atoms with E-state index in [4.69, 9.17) is 4.74 Å². The van der Waals surface area contributed by atoms with Crippen LogP contribution in [0.1, 0.15) is 18.9 Å². The highest BCUT2D eigenvalue weighted by atomic mass is 16.5. The molecule has 37 heavy (non-hydrogen) atoms. The number of hydrogen-bond donors (Lipinski definition) is 2. The number of nitrogens with zero attached hydrogens (tertiary/aromatic N) is 3. The van der Waals surface area contributed by atoms with Gasteiger partial charge in [0.25, 0.3) is 5.91 Å². The molecule has 0 atom stereocenters. The second kappa shape index (κ2) is 13.1. The minimum atomic E-state index is -0.0842. The molecule has 0 fully saturated rings. The summed E-state index contributed by atoms with van der Waals surface area (Å²) in [6, 6.07) is 22.9. The van der Waals surface area contributed by atoms with Crippen LogP contribution in [0.5, 0.6) is 5.75 Å². The molecule has 2 N–H and O–H groups in total. The van der Waals surface area contributed by atoms with E-state index in [-0.39, 0.29) is 11.8 Å². The average molecular weight is 500 g/mol. The van der Waals surface area contributed by atoms with Crippen molar-refractivity contribution in [2.45, 2.75) is 19.9 Å². The Morgan fingerprint density at radius 2 is 1.78 bits per heavy atom. The van der Waals surface area contributed by atoms with Crippen LogP contribution in [0, 0.1) is 0 Å². The van der Waals surface area contributed by atoms with E-state index in [1.165, 1.54) is 0 Å². The van der Waals surface area contributed by atoms with Crippen molar-refractivity contribution >= 4 is 17.5 Å². The van der Waals surface area contributed by atoms with Crippen molar-refractivity contribution in [3.8, 4) is 5.75 Å². The average Bonchev–Trinajstić information content (AvgIpc) is 3.26. The minimum absolute atomic E-state index is 0.0394. The molecule has 192 valence electrons. The molecule has 8 nitrogen and oxygen atoms in total. The number of carbonyl (C=O) groups excluding carboxylic acids is 2. The first kappa shape index (κ1) is 25.8. The van der Waals surface area contributed by atoms with Crippen LogP contribution in [0.3, 0.4) is 0 Å². The number of nitrogens with one attached hydrogen (secondary N) is 2. The second-order valence-electron chi connectivity index (χ2n) is 8.61. The highest BCUT2D eigenvalue weighted by molar-refractivity contribution is 6.08. The van der Waals surface area contributed by atoms with Crippen molar-refractivity contribution in [2.75, 3.05) is 37.7 Å². The molecule has 0 bridgehead atoms. The Balaban J connectivity index is 1.35. The van der Waals surface area contributed by atoms with Gasteiger partial charge >= 0.3 is 0 Å². The molecule has 0 saturated carbocycles. The summed E-state index contributed by atoms with van der Waals surface area (Å²) in [5.41, 5.74) is 3.18. The van der Waals surface area contributed by atoms with Crippen molar-refractivity contribution in [3.05, 3.63) is 102 Å². The second-order valence-corrected chi connectivity index (χ2v) is 8.61. The topological polar surface area (TPSA) is 86.8 Å². The molecule has 4 rings (SSSR count). The van der Waals surface area contributed by atoms with Gasteiger partial charge in [-0.2, -0.15) is 0 Å². The highest BCUT2D eigenvalue weighted by Crippen LogP contribution is 2.23. The number of benzene rings is 2. The lowest BCUT2D eigenvalue weighted by Gasteiger charge is -2.22. The fourth-order valence-electron chi connectivity index (χ4n) is 4.14. The van der Waals surface area contributed by atoms with Crippen molar-refractivity contribution in [1.29, 1.82) is 0 Å². The molecular weight excluding hydrogens is 466 g/mol. The van der Waals surface area contributed by atoms with Gasteiger partial charge in [0.05, 0.1) is 25.3 Å². The summed E-state index contributed by atoms with van der Waals surface area (Å²) < 4.78 is 5.67. The standard InChI is InChI=1S/C29H33N5O3/c1-2-33(27(35)15-19-37-25-13-7-4-8-14-25)18-17-31-26-22-34(24-11-5-3-6-12-24)29(36)28(26)32-21-23-10-9-16-30-20-23/h3-14,16,20,31-32H,2,15,17-19,21-22H2,1H3. The predicted molar refractivity (Wildman–Crippen MR) is 144 cm³/mol. The molecule has 0 aliphatic carbocycles. The summed E-state index contributed by atoms with van der Waals surface area (Å²) in [5.74, 6) is 0.712. The molecule has 2 heterocycles. The summed E-state index contributed by atoms with van der Waals surface area (Å²) in [6.45, 7) is 4.88. The molecule has 2 aromatic carbocycles. The van der Waals surface area contributed by atoms with Crippen molar-refractivity contribution in [1.82, 2.24) is 20.5 Å². The third-order valence-electron chi connectivity index (χ3n) is 6.12. The Labute approximate surface area is 218 Å². The Kier molecular flexibility index (Phi) is 9.12.